The van der Waals surface area contributed by atoms with Crippen molar-refractivity contribution in [1.29, 1.82) is 0 Å². The van der Waals surface area contributed by atoms with Crippen molar-refractivity contribution < 1.29 is 27.1 Å². The van der Waals surface area contributed by atoms with Gasteiger partial charge in [-0.3, -0.25) is 4.57 Å². The van der Waals surface area contributed by atoms with Gasteiger partial charge in [0.2, 0.25) is 0 Å². The highest BCUT2D eigenvalue weighted by molar-refractivity contribution is 9.10. The van der Waals surface area contributed by atoms with Gasteiger partial charge in [0, 0.05) is 10.7 Å². The summed E-state index contributed by atoms with van der Waals surface area (Å²) >= 11 is 5.50. The normalized spacial score (nSPS) is 11.7. The minimum absolute atomic E-state index is 0.269. The molecule has 1 aromatic carbocycles. The fraction of sp³-hybridized carbons (Fsp3) is 0.267. The molecule has 3 nitrogen and oxygen atoms in total. The summed E-state index contributed by atoms with van der Waals surface area (Å²) in [6, 6.07) is 1.15. The quantitative estimate of drug-likeness (QED) is 0.288. The Bertz CT molecular complexity index is 799. The molecule has 0 spiro atoms. The standard InChI is InChI=1S/C15H11Br2F4NO2/c1-15(2,3)24-14(23)22-5-6(16)4-7(22)8-10(18)12(20)9(17)13(21)11(8)19/h4-5H,1-3H3. The summed E-state index contributed by atoms with van der Waals surface area (Å²) < 4.78 is 61.1. The fourth-order valence-electron chi connectivity index (χ4n) is 1.91. The zero-order valence-electron chi connectivity index (χ0n) is 12.7. The van der Waals surface area contributed by atoms with Crippen molar-refractivity contribution in [2.45, 2.75) is 26.4 Å². The molecule has 24 heavy (non-hydrogen) atoms. The summed E-state index contributed by atoms with van der Waals surface area (Å²) in [4.78, 5) is 12.2. The van der Waals surface area contributed by atoms with E-state index in [0.717, 1.165) is 10.6 Å². The Morgan fingerprint density at radius 1 is 1.04 bits per heavy atom. The lowest BCUT2D eigenvalue weighted by atomic mass is 10.1. The third-order valence-electron chi connectivity index (χ3n) is 2.84. The third kappa shape index (κ3) is 3.51. The van der Waals surface area contributed by atoms with Crippen LogP contribution in [0.1, 0.15) is 20.8 Å². The summed E-state index contributed by atoms with van der Waals surface area (Å²) in [5.74, 6) is -6.46. The van der Waals surface area contributed by atoms with E-state index in [9.17, 15) is 22.4 Å². The van der Waals surface area contributed by atoms with E-state index in [1.165, 1.54) is 6.20 Å². The molecule has 0 atom stereocenters. The lowest BCUT2D eigenvalue weighted by Crippen LogP contribution is -2.27. The number of halogens is 6. The topological polar surface area (TPSA) is 31.2 Å². The number of aromatic nitrogens is 1. The van der Waals surface area contributed by atoms with Gasteiger partial charge in [-0.25, -0.2) is 22.4 Å². The van der Waals surface area contributed by atoms with Gasteiger partial charge in [-0.1, -0.05) is 0 Å². The molecule has 2 aromatic rings. The van der Waals surface area contributed by atoms with Gasteiger partial charge >= 0.3 is 6.09 Å². The van der Waals surface area contributed by atoms with Crippen molar-refractivity contribution in [1.82, 2.24) is 4.57 Å². The van der Waals surface area contributed by atoms with Crippen molar-refractivity contribution in [3.05, 3.63) is 44.5 Å². The van der Waals surface area contributed by atoms with Crippen LogP contribution >= 0.6 is 31.9 Å². The second kappa shape index (κ2) is 6.51. The van der Waals surface area contributed by atoms with Gasteiger partial charge < -0.3 is 4.74 Å². The maximum atomic E-state index is 14.2. The van der Waals surface area contributed by atoms with E-state index in [-0.39, 0.29) is 4.47 Å². The van der Waals surface area contributed by atoms with Crippen LogP contribution in [0, 0.1) is 23.3 Å². The molecule has 0 aliphatic heterocycles. The molecule has 9 heteroatoms. The van der Waals surface area contributed by atoms with Gasteiger partial charge in [0.15, 0.2) is 23.3 Å². The first-order chi connectivity index (χ1) is 10.9. The number of carbonyl (C=O) groups is 1. The lowest BCUT2D eigenvalue weighted by molar-refractivity contribution is 0.0540. The Balaban J connectivity index is 2.70. The number of ether oxygens (including phenoxy) is 1. The summed E-state index contributed by atoms with van der Waals surface area (Å²) in [6.07, 6.45) is 0.228. The first kappa shape index (κ1) is 19.0. The van der Waals surface area contributed by atoms with Crippen LogP contribution in [0.5, 0.6) is 0 Å². The Hall–Kier alpha value is -1.35. The number of hydrogen-bond acceptors (Lipinski definition) is 2. The van der Waals surface area contributed by atoms with Crippen molar-refractivity contribution >= 4 is 38.0 Å². The fourth-order valence-corrected chi connectivity index (χ4v) is 2.68. The average Bonchev–Trinajstić information content (AvgIpc) is 2.83. The van der Waals surface area contributed by atoms with Gasteiger partial charge in [-0.15, -0.1) is 0 Å². The molecule has 0 radical (unpaired) electrons. The molecule has 0 saturated heterocycles. The van der Waals surface area contributed by atoms with Crippen molar-refractivity contribution in [3.63, 3.8) is 0 Å². The second-order valence-corrected chi connectivity index (χ2v) is 7.55. The number of carbonyl (C=O) groups excluding carboxylic acids is 1. The number of benzene rings is 1. The second-order valence-electron chi connectivity index (χ2n) is 5.84. The highest BCUT2D eigenvalue weighted by Crippen LogP contribution is 2.36. The molecule has 0 saturated carbocycles. The van der Waals surface area contributed by atoms with Crippen LogP contribution in [0.4, 0.5) is 22.4 Å². The van der Waals surface area contributed by atoms with E-state index >= 15 is 0 Å². The predicted molar refractivity (Wildman–Crippen MR) is 86.7 cm³/mol. The minimum atomic E-state index is -1.63. The van der Waals surface area contributed by atoms with E-state index in [4.69, 9.17) is 4.74 Å². The molecule has 0 aliphatic carbocycles. The van der Waals surface area contributed by atoms with E-state index in [0.29, 0.717) is 0 Å². The van der Waals surface area contributed by atoms with Crippen LogP contribution < -0.4 is 0 Å². The van der Waals surface area contributed by atoms with Gasteiger partial charge in [0.25, 0.3) is 0 Å². The average molecular weight is 473 g/mol. The molecule has 1 heterocycles. The summed E-state index contributed by atoms with van der Waals surface area (Å²) in [5, 5.41) is 0. The SMILES string of the molecule is CC(C)(C)OC(=O)n1cc(Br)cc1-c1c(F)c(F)c(Br)c(F)c1F. The largest absolute Gasteiger partial charge is 0.443 e. The summed E-state index contributed by atoms with van der Waals surface area (Å²) in [5.41, 5.74) is -2.28. The van der Waals surface area contributed by atoms with Crippen LogP contribution in [-0.2, 0) is 4.74 Å². The molecule has 0 unspecified atom stereocenters. The van der Waals surface area contributed by atoms with E-state index in [1.807, 2.05) is 0 Å². The first-order valence-electron chi connectivity index (χ1n) is 6.57. The van der Waals surface area contributed by atoms with Gasteiger partial charge in [0.1, 0.15) is 5.60 Å². The third-order valence-corrected chi connectivity index (χ3v) is 3.97. The van der Waals surface area contributed by atoms with Gasteiger partial charge in [0.05, 0.1) is 15.7 Å². The smallest absolute Gasteiger partial charge is 0.419 e. The molecular formula is C15H11Br2F4NO2. The molecule has 0 fully saturated rings. The molecular weight excluding hydrogens is 462 g/mol. The number of rotatable bonds is 1. The Morgan fingerprint density at radius 3 is 2.00 bits per heavy atom. The molecule has 2 rings (SSSR count). The van der Waals surface area contributed by atoms with Crippen LogP contribution in [0.25, 0.3) is 11.3 Å². The number of hydrogen-bond donors (Lipinski definition) is 0. The zero-order chi connectivity index (χ0) is 18.4. The Labute approximate surface area is 151 Å². The van der Waals surface area contributed by atoms with Crippen LogP contribution in [0.2, 0.25) is 0 Å². The highest BCUT2D eigenvalue weighted by Gasteiger charge is 2.29. The first-order valence-corrected chi connectivity index (χ1v) is 8.15. The van der Waals surface area contributed by atoms with E-state index in [2.05, 4.69) is 31.9 Å². The van der Waals surface area contributed by atoms with Crippen molar-refractivity contribution in [2.75, 3.05) is 0 Å². The molecule has 130 valence electrons. The van der Waals surface area contributed by atoms with Crippen LogP contribution in [-0.4, -0.2) is 16.3 Å². The van der Waals surface area contributed by atoms with Gasteiger partial charge in [-0.2, -0.15) is 0 Å². The monoisotopic (exact) mass is 471 g/mol. The summed E-state index contributed by atoms with van der Waals surface area (Å²) in [6.45, 7) is 4.80. The molecule has 0 amide bonds. The minimum Gasteiger partial charge on any atom is -0.443 e. The van der Waals surface area contributed by atoms with Gasteiger partial charge in [-0.05, 0) is 58.7 Å². The van der Waals surface area contributed by atoms with E-state index in [1.54, 1.807) is 20.8 Å². The summed E-state index contributed by atoms with van der Waals surface area (Å²) in [7, 11) is 0. The van der Waals surface area contributed by atoms with E-state index < -0.39 is 50.7 Å². The highest BCUT2D eigenvalue weighted by atomic mass is 79.9. The lowest BCUT2D eigenvalue weighted by Gasteiger charge is -2.20. The predicted octanol–water partition coefficient (Wildman–Crippen LogP) is 6.02. The molecule has 0 bridgehead atoms. The van der Waals surface area contributed by atoms with Crippen LogP contribution in [0.15, 0.2) is 21.2 Å². The maximum absolute atomic E-state index is 14.2. The Morgan fingerprint density at radius 2 is 1.54 bits per heavy atom. The molecule has 0 aliphatic rings. The van der Waals surface area contributed by atoms with Crippen molar-refractivity contribution in [2.24, 2.45) is 0 Å². The maximum Gasteiger partial charge on any atom is 0.419 e. The van der Waals surface area contributed by atoms with Crippen molar-refractivity contribution in [3.8, 4) is 11.3 Å². The molecule has 0 N–H and O–H groups in total. The molecule has 1 aromatic heterocycles. The zero-order valence-corrected chi connectivity index (χ0v) is 15.9. The van der Waals surface area contributed by atoms with Crippen LogP contribution in [0.3, 0.4) is 0 Å². The Kier molecular flexibility index (Phi) is 5.15. The number of nitrogens with zero attached hydrogens (tertiary/aromatic N) is 1.